The van der Waals surface area contributed by atoms with Gasteiger partial charge >= 0.3 is 17.1 Å². The number of pyridine rings is 2. The Morgan fingerprint density at radius 3 is 1.42 bits per heavy atom. The first-order valence-electron chi connectivity index (χ1n) is 8.65. The molecule has 6 N–H and O–H groups in total. The molecule has 0 bridgehead atoms. The summed E-state index contributed by atoms with van der Waals surface area (Å²) in [5, 5.41) is 4.63. The van der Waals surface area contributed by atoms with Crippen molar-refractivity contribution in [2.24, 2.45) is 9.98 Å². The van der Waals surface area contributed by atoms with E-state index in [1.807, 2.05) is 62.4 Å². The number of benzene rings is 1. The van der Waals surface area contributed by atoms with Crippen LogP contribution in [0.15, 0.2) is 70.9 Å². The predicted octanol–water partition coefficient (Wildman–Crippen LogP) is -1.96. The van der Waals surface area contributed by atoms with Crippen molar-refractivity contribution in [2.75, 3.05) is 0 Å². The number of nitrogens with zero attached hydrogens (tertiary/aromatic N) is 5. The molecular formula is C20H22ClCuN5O6+2. The van der Waals surface area contributed by atoms with Crippen LogP contribution in [0, 0.1) is 24.1 Å². The van der Waals surface area contributed by atoms with E-state index in [1.54, 1.807) is 12.4 Å². The van der Waals surface area contributed by atoms with Crippen LogP contribution < -0.4 is 18.6 Å². The second kappa shape index (κ2) is 13.1. The summed E-state index contributed by atoms with van der Waals surface area (Å²) >= 11 is 0. The largest absolute Gasteiger partial charge is 2.00 e. The monoisotopic (exact) mass is 526 g/mol. The number of halogens is 1. The van der Waals surface area contributed by atoms with Gasteiger partial charge < -0.3 is 26.3 Å². The van der Waals surface area contributed by atoms with Crippen LogP contribution in [0.1, 0.15) is 22.3 Å². The Bertz CT molecular complexity index is 1040. The molecule has 1 radical (unpaired) electrons. The molecule has 1 aromatic carbocycles. The molecule has 0 saturated heterocycles. The molecule has 0 saturated carbocycles. The van der Waals surface area contributed by atoms with Gasteiger partial charge in [-0.05, 0) is 60.4 Å². The van der Waals surface area contributed by atoms with Crippen molar-refractivity contribution < 1.29 is 56.9 Å². The van der Waals surface area contributed by atoms with Crippen LogP contribution >= 0.6 is 0 Å². The Hall–Kier alpha value is -2.77. The predicted molar refractivity (Wildman–Crippen MR) is 110 cm³/mol. The normalized spacial score (nSPS) is 14.0. The van der Waals surface area contributed by atoms with Crippen LogP contribution in [0.4, 0.5) is 11.6 Å². The van der Waals surface area contributed by atoms with Gasteiger partial charge in [0.2, 0.25) is 0 Å². The van der Waals surface area contributed by atoms with E-state index in [0.717, 1.165) is 22.3 Å². The third kappa shape index (κ3) is 9.32. The maximum absolute atomic E-state index is 8.49. The number of hydrogen-bond acceptors (Lipinski definition) is 8. The fourth-order valence-corrected chi connectivity index (χ4v) is 2.64. The Morgan fingerprint density at radius 1 is 0.727 bits per heavy atom. The summed E-state index contributed by atoms with van der Waals surface area (Å²) in [6.07, 6.45) is 3.50. The molecule has 0 aliphatic carbocycles. The molecule has 13 heteroatoms. The maximum Gasteiger partial charge on any atom is 2.00 e. The fourth-order valence-electron chi connectivity index (χ4n) is 2.64. The summed E-state index contributed by atoms with van der Waals surface area (Å²) in [5.74, 6) is 2.53. The molecule has 1 aliphatic rings. The van der Waals surface area contributed by atoms with E-state index >= 15 is 0 Å². The summed E-state index contributed by atoms with van der Waals surface area (Å²) < 4.78 is 34.0. The van der Waals surface area contributed by atoms with Gasteiger partial charge in [0.05, 0.1) is 11.6 Å². The molecule has 2 aromatic heterocycles. The van der Waals surface area contributed by atoms with E-state index in [2.05, 4.69) is 25.3 Å². The van der Waals surface area contributed by atoms with Gasteiger partial charge in [0.15, 0.2) is 0 Å². The summed E-state index contributed by atoms with van der Waals surface area (Å²) in [6, 6.07) is 15.7. The molecule has 33 heavy (non-hydrogen) atoms. The number of aryl methyl sites for hydroxylation is 2. The van der Waals surface area contributed by atoms with Crippen molar-refractivity contribution in [3.63, 3.8) is 0 Å². The molecule has 0 fully saturated rings. The Morgan fingerprint density at radius 2 is 1.09 bits per heavy atom. The van der Waals surface area contributed by atoms with Crippen LogP contribution in [0.3, 0.4) is 0 Å². The quantitative estimate of drug-likeness (QED) is 0.271. The van der Waals surface area contributed by atoms with Gasteiger partial charge in [0.25, 0.3) is 0 Å². The first-order chi connectivity index (χ1) is 14.2. The molecule has 11 nitrogen and oxygen atoms in total. The molecule has 1 aliphatic heterocycles. The average Bonchev–Trinajstić information content (AvgIpc) is 2.98. The zero-order chi connectivity index (χ0) is 21.7. The first-order valence-corrected chi connectivity index (χ1v) is 9.88. The molecule has 0 atom stereocenters. The van der Waals surface area contributed by atoms with E-state index in [4.69, 9.17) is 18.6 Å². The fraction of sp³-hybridized carbons (Fsp3) is 0.100. The van der Waals surface area contributed by atoms with Crippen molar-refractivity contribution in [3.8, 4) is 0 Å². The molecule has 3 aromatic rings. The molecule has 4 rings (SSSR count). The van der Waals surface area contributed by atoms with Gasteiger partial charge in [-0.15, -0.1) is 10.2 Å². The van der Waals surface area contributed by atoms with Crippen molar-refractivity contribution in [2.45, 2.75) is 13.8 Å². The van der Waals surface area contributed by atoms with Gasteiger partial charge in [0.1, 0.15) is 0 Å². The van der Waals surface area contributed by atoms with Crippen LogP contribution in [0.25, 0.3) is 5.32 Å². The van der Waals surface area contributed by atoms with Gasteiger partial charge in [-0.25, -0.2) is 18.6 Å². The van der Waals surface area contributed by atoms with E-state index < -0.39 is 10.2 Å². The number of amidine groups is 2. The SMILES string of the molecule is Cc1ccnc(N=C2[N-]C(=Nc3cc(C)ccn3)c3ccccc32)c1.[Cu+2].[O-][Cl+3]([O-])([O-])[O-].[OH3+].[OH3+]. The Labute approximate surface area is 202 Å². The van der Waals surface area contributed by atoms with Gasteiger partial charge in [-0.1, -0.05) is 24.3 Å². The molecule has 0 unspecified atom stereocenters. The van der Waals surface area contributed by atoms with Crippen LogP contribution in [0.2, 0.25) is 0 Å². The van der Waals surface area contributed by atoms with E-state index in [-0.39, 0.29) is 28.0 Å². The number of rotatable bonds is 2. The summed E-state index contributed by atoms with van der Waals surface area (Å²) in [4.78, 5) is 17.8. The van der Waals surface area contributed by atoms with Gasteiger partial charge in [0, 0.05) is 24.1 Å². The number of fused-ring (bicyclic) bond motifs is 1. The summed E-state index contributed by atoms with van der Waals surface area (Å²) in [7, 11) is -4.94. The standard InChI is InChI=1S/C20H16N5.ClHO4.Cu.2H2O/c1-13-7-9-21-17(11-13)23-19-15-5-3-4-6-16(15)20(25-19)24-18-12-14(2)8-10-22-18;2-1(3,4)5;;;/h3-12H,1-2H3;(H,2,3,4,5);;2*1H2/q-1;;+2;;/p+1. The second-order valence-corrected chi connectivity index (χ2v) is 7.04. The van der Waals surface area contributed by atoms with E-state index in [1.165, 1.54) is 0 Å². The minimum Gasteiger partial charge on any atom is -0.457 e. The maximum atomic E-state index is 8.49. The summed E-state index contributed by atoms with van der Waals surface area (Å²) in [6.45, 7) is 4.03. The summed E-state index contributed by atoms with van der Waals surface area (Å²) in [5.41, 5.74) is 4.13. The molecule has 3 heterocycles. The van der Waals surface area contributed by atoms with E-state index in [9.17, 15) is 0 Å². The van der Waals surface area contributed by atoms with Gasteiger partial charge in [-0.3, -0.25) is 9.97 Å². The van der Waals surface area contributed by atoms with Crippen molar-refractivity contribution in [1.82, 2.24) is 9.97 Å². The number of hydrogen-bond donors (Lipinski definition) is 0. The zero-order valence-corrected chi connectivity index (χ0v) is 19.2. The zero-order valence-electron chi connectivity index (χ0n) is 17.5. The second-order valence-electron chi connectivity index (χ2n) is 6.29. The minimum atomic E-state index is -4.94. The van der Waals surface area contributed by atoms with Crippen molar-refractivity contribution in [3.05, 3.63) is 88.5 Å². The number of aliphatic imine (C=N–C) groups is 2. The third-order valence-electron chi connectivity index (χ3n) is 3.86. The smallest absolute Gasteiger partial charge is 0.457 e. The van der Waals surface area contributed by atoms with Crippen molar-refractivity contribution >= 4 is 23.3 Å². The molecule has 179 valence electrons. The van der Waals surface area contributed by atoms with E-state index in [0.29, 0.717) is 23.3 Å². The van der Waals surface area contributed by atoms with Crippen LogP contribution in [-0.4, -0.2) is 21.6 Å². The van der Waals surface area contributed by atoms with Crippen molar-refractivity contribution in [1.29, 1.82) is 0 Å². The minimum absolute atomic E-state index is 0. The average molecular weight is 527 g/mol. The van der Waals surface area contributed by atoms with Gasteiger partial charge in [-0.2, -0.15) is 0 Å². The van der Waals surface area contributed by atoms with Crippen LogP contribution in [-0.2, 0) is 28.0 Å². The number of aromatic nitrogens is 2. The Balaban J connectivity index is 0.00000117. The van der Waals surface area contributed by atoms with Crippen LogP contribution in [0.5, 0.6) is 0 Å². The third-order valence-corrected chi connectivity index (χ3v) is 3.86. The topological polar surface area (TPSA) is 223 Å². The first kappa shape index (κ1) is 30.2. The Kier molecular flexibility index (Phi) is 12.0. The molecule has 0 amide bonds. The molecular weight excluding hydrogens is 505 g/mol. The molecule has 0 spiro atoms.